The summed E-state index contributed by atoms with van der Waals surface area (Å²) in [7, 11) is 0. The maximum absolute atomic E-state index is 11.6. The van der Waals surface area contributed by atoms with Crippen molar-refractivity contribution in [3.63, 3.8) is 0 Å². The van der Waals surface area contributed by atoms with Gasteiger partial charge < -0.3 is 10.5 Å². The molecule has 0 aliphatic carbocycles. The lowest BCUT2D eigenvalue weighted by molar-refractivity contribution is -0.121. The number of rotatable bonds is 6. The van der Waals surface area contributed by atoms with Crippen LogP contribution in [0.25, 0.3) is 0 Å². The molecule has 4 nitrogen and oxygen atoms in total. The van der Waals surface area contributed by atoms with Gasteiger partial charge in [0.15, 0.2) is 6.61 Å². The molecule has 0 fully saturated rings. The first-order valence-electron chi connectivity index (χ1n) is 6.37. The second-order valence-electron chi connectivity index (χ2n) is 4.34. The summed E-state index contributed by atoms with van der Waals surface area (Å²) in [5.41, 5.74) is 6.56. The number of carbonyl (C=O) groups excluding carboxylic acids is 2. The average molecular weight is 301 g/mol. The van der Waals surface area contributed by atoms with Crippen molar-refractivity contribution in [3.05, 3.63) is 65.7 Å². The molecule has 0 spiro atoms. The summed E-state index contributed by atoms with van der Waals surface area (Å²) in [5, 5.41) is 0. The summed E-state index contributed by atoms with van der Waals surface area (Å²) in [6.45, 7) is -0.399. The van der Waals surface area contributed by atoms with Gasteiger partial charge >= 0.3 is 5.97 Å². The van der Waals surface area contributed by atoms with E-state index in [2.05, 4.69) is 12.1 Å². The van der Waals surface area contributed by atoms with Crippen molar-refractivity contribution in [2.45, 2.75) is 10.6 Å². The van der Waals surface area contributed by atoms with Crippen LogP contribution in [0.5, 0.6) is 0 Å². The molecule has 0 saturated heterocycles. The van der Waals surface area contributed by atoms with Gasteiger partial charge in [-0.2, -0.15) is 0 Å². The zero-order valence-corrected chi connectivity index (χ0v) is 12.1. The molecule has 0 radical (unpaired) electrons. The number of benzene rings is 2. The Balaban J connectivity index is 1.89. The molecule has 2 aromatic carbocycles. The van der Waals surface area contributed by atoms with Crippen molar-refractivity contribution in [1.29, 1.82) is 0 Å². The van der Waals surface area contributed by atoms with E-state index in [0.29, 0.717) is 5.56 Å². The van der Waals surface area contributed by atoms with Gasteiger partial charge in [0.2, 0.25) is 0 Å². The molecule has 1 amide bonds. The fourth-order valence-electron chi connectivity index (χ4n) is 1.65. The number of primary amides is 1. The van der Waals surface area contributed by atoms with E-state index in [1.807, 2.05) is 30.3 Å². The summed E-state index contributed by atoms with van der Waals surface area (Å²) in [5.74, 6) is -0.349. The van der Waals surface area contributed by atoms with Crippen LogP contribution in [0.3, 0.4) is 0 Å². The molecule has 2 rings (SSSR count). The van der Waals surface area contributed by atoms with Crippen LogP contribution in [0, 0.1) is 0 Å². The van der Waals surface area contributed by atoms with Gasteiger partial charge in [-0.25, -0.2) is 4.79 Å². The number of esters is 1. The minimum absolute atomic E-state index is 0.399. The third-order valence-electron chi connectivity index (χ3n) is 2.68. The summed E-state index contributed by atoms with van der Waals surface area (Å²) in [4.78, 5) is 23.2. The lowest BCUT2D eigenvalue weighted by atomic mass is 10.2. The highest BCUT2D eigenvalue weighted by Crippen LogP contribution is 2.23. The first-order valence-corrected chi connectivity index (χ1v) is 7.36. The van der Waals surface area contributed by atoms with Crippen molar-refractivity contribution in [2.24, 2.45) is 5.73 Å². The molecular formula is C16H15NO3S. The average Bonchev–Trinajstić information content (AvgIpc) is 2.52. The van der Waals surface area contributed by atoms with Crippen LogP contribution < -0.4 is 5.73 Å². The first-order chi connectivity index (χ1) is 10.1. The lowest BCUT2D eigenvalue weighted by Gasteiger charge is -2.04. The van der Waals surface area contributed by atoms with Crippen molar-refractivity contribution in [1.82, 2.24) is 0 Å². The normalized spacial score (nSPS) is 10.1. The number of hydrogen-bond donors (Lipinski definition) is 1. The molecule has 0 aliphatic rings. The molecule has 5 heteroatoms. The maximum atomic E-state index is 11.6. The monoisotopic (exact) mass is 301 g/mol. The number of hydrogen-bond acceptors (Lipinski definition) is 4. The molecular weight excluding hydrogens is 286 g/mol. The maximum Gasteiger partial charge on any atom is 0.338 e. The third kappa shape index (κ3) is 4.96. The zero-order chi connectivity index (χ0) is 15.1. The van der Waals surface area contributed by atoms with E-state index in [4.69, 9.17) is 10.5 Å². The number of ether oxygens (including phenoxy) is 1. The molecule has 2 N–H and O–H groups in total. The minimum atomic E-state index is -0.668. The zero-order valence-electron chi connectivity index (χ0n) is 11.3. The van der Waals surface area contributed by atoms with Gasteiger partial charge in [-0.1, -0.05) is 30.3 Å². The largest absolute Gasteiger partial charge is 0.452 e. The van der Waals surface area contributed by atoms with Gasteiger partial charge in [-0.05, 0) is 29.8 Å². The topological polar surface area (TPSA) is 69.4 Å². The fraction of sp³-hybridized carbons (Fsp3) is 0.125. The van der Waals surface area contributed by atoms with Gasteiger partial charge in [-0.3, -0.25) is 4.79 Å². The van der Waals surface area contributed by atoms with Crippen molar-refractivity contribution in [3.8, 4) is 0 Å². The van der Waals surface area contributed by atoms with E-state index in [9.17, 15) is 9.59 Å². The predicted octanol–water partition coefficient (Wildman–Crippen LogP) is 2.62. The first kappa shape index (κ1) is 15.1. The summed E-state index contributed by atoms with van der Waals surface area (Å²) >= 11 is 1.69. The van der Waals surface area contributed by atoms with Crippen LogP contribution in [0.4, 0.5) is 0 Å². The Morgan fingerprint density at radius 1 is 1.00 bits per heavy atom. The van der Waals surface area contributed by atoms with Gasteiger partial charge in [-0.15, -0.1) is 11.8 Å². The van der Waals surface area contributed by atoms with E-state index in [-0.39, 0.29) is 0 Å². The van der Waals surface area contributed by atoms with Crippen LogP contribution in [0.1, 0.15) is 15.9 Å². The van der Waals surface area contributed by atoms with Gasteiger partial charge in [0.05, 0.1) is 5.56 Å². The second-order valence-corrected chi connectivity index (χ2v) is 5.39. The number of thioether (sulfide) groups is 1. The molecule has 0 aliphatic heterocycles. The van der Waals surface area contributed by atoms with E-state index < -0.39 is 18.5 Å². The Morgan fingerprint density at radius 3 is 2.29 bits per heavy atom. The van der Waals surface area contributed by atoms with Crippen molar-refractivity contribution in [2.75, 3.05) is 6.61 Å². The molecule has 0 bridgehead atoms. The van der Waals surface area contributed by atoms with Crippen molar-refractivity contribution < 1.29 is 14.3 Å². The van der Waals surface area contributed by atoms with Crippen LogP contribution in [0.2, 0.25) is 0 Å². The van der Waals surface area contributed by atoms with Crippen LogP contribution >= 0.6 is 11.8 Å². The van der Waals surface area contributed by atoms with Gasteiger partial charge in [0.1, 0.15) is 0 Å². The van der Waals surface area contributed by atoms with E-state index in [1.54, 1.807) is 23.9 Å². The van der Waals surface area contributed by atoms with Crippen molar-refractivity contribution >= 4 is 23.6 Å². The SMILES string of the molecule is NC(=O)COC(=O)c1ccc(SCc2ccccc2)cc1. The highest BCUT2D eigenvalue weighted by molar-refractivity contribution is 7.98. The molecule has 0 atom stereocenters. The van der Waals surface area contributed by atoms with Crippen LogP contribution in [-0.2, 0) is 15.3 Å². The van der Waals surface area contributed by atoms with E-state index in [0.717, 1.165) is 10.6 Å². The van der Waals surface area contributed by atoms with E-state index >= 15 is 0 Å². The van der Waals surface area contributed by atoms with Gasteiger partial charge in [0.25, 0.3) is 5.91 Å². The molecule has 21 heavy (non-hydrogen) atoms. The summed E-state index contributed by atoms with van der Waals surface area (Å²) in [6, 6.07) is 17.2. The molecule has 0 unspecified atom stereocenters. The standard InChI is InChI=1S/C16H15NO3S/c17-15(18)10-20-16(19)13-6-8-14(9-7-13)21-11-12-4-2-1-3-5-12/h1-9H,10-11H2,(H2,17,18). The smallest absolute Gasteiger partial charge is 0.338 e. The molecule has 0 saturated carbocycles. The molecule has 108 valence electrons. The Morgan fingerprint density at radius 2 is 1.67 bits per heavy atom. The quantitative estimate of drug-likeness (QED) is 0.658. The summed E-state index contributed by atoms with van der Waals surface area (Å²) in [6.07, 6.45) is 0. The predicted molar refractivity (Wildman–Crippen MR) is 81.9 cm³/mol. The lowest BCUT2D eigenvalue weighted by Crippen LogP contribution is -2.20. The number of amides is 1. The highest BCUT2D eigenvalue weighted by atomic mass is 32.2. The minimum Gasteiger partial charge on any atom is -0.452 e. The Labute approximate surface area is 127 Å². The van der Waals surface area contributed by atoms with Gasteiger partial charge in [0, 0.05) is 10.6 Å². The Hall–Kier alpha value is -2.27. The fourth-order valence-corrected chi connectivity index (χ4v) is 2.50. The number of carbonyl (C=O) groups is 2. The van der Waals surface area contributed by atoms with Crippen LogP contribution in [0.15, 0.2) is 59.5 Å². The Kier molecular flexibility index (Phi) is 5.40. The van der Waals surface area contributed by atoms with Crippen LogP contribution in [-0.4, -0.2) is 18.5 Å². The highest BCUT2D eigenvalue weighted by Gasteiger charge is 2.08. The molecule has 0 aromatic heterocycles. The molecule has 0 heterocycles. The van der Waals surface area contributed by atoms with E-state index in [1.165, 1.54) is 5.56 Å². The second kappa shape index (κ2) is 7.50. The third-order valence-corrected chi connectivity index (χ3v) is 3.77. The Bertz CT molecular complexity index is 611. The number of nitrogens with two attached hydrogens (primary N) is 1. The molecule has 2 aromatic rings. The summed E-state index contributed by atoms with van der Waals surface area (Å²) < 4.78 is 4.74.